The first-order valence-corrected chi connectivity index (χ1v) is 10.5. The van der Waals surface area contributed by atoms with Gasteiger partial charge in [-0.3, -0.25) is 9.59 Å². The van der Waals surface area contributed by atoms with Gasteiger partial charge in [-0.2, -0.15) is 0 Å². The molecule has 0 aliphatic heterocycles. The third kappa shape index (κ3) is 5.15. The molecule has 6 nitrogen and oxygen atoms in total. The van der Waals surface area contributed by atoms with E-state index >= 15 is 0 Å². The number of benzene rings is 3. The van der Waals surface area contributed by atoms with E-state index < -0.39 is 0 Å². The van der Waals surface area contributed by atoms with Crippen LogP contribution in [0.1, 0.15) is 19.3 Å². The molecule has 1 N–H and O–H groups in total. The molecule has 0 aromatic heterocycles. The van der Waals surface area contributed by atoms with E-state index in [2.05, 4.69) is 5.32 Å². The van der Waals surface area contributed by atoms with E-state index in [0.717, 1.165) is 29.3 Å². The molecule has 0 spiro atoms. The monoisotopic (exact) mass is 418 g/mol. The molecule has 0 saturated heterocycles. The number of fused-ring (bicyclic) bond motifs is 1. The molecule has 1 saturated carbocycles. The highest BCUT2D eigenvalue weighted by atomic mass is 16.5. The van der Waals surface area contributed by atoms with E-state index in [1.54, 1.807) is 24.1 Å². The molecule has 2 amide bonds. The van der Waals surface area contributed by atoms with Gasteiger partial charge in [-0.15, -0.1) is 0 Å². The topological polar surface area (TPSA) is 67.9 Å². The number of carbonyl (C=O) groups is 2. The van der Waals surface area contributed by atoms with Gasteiger partial charge < -0.3 is 19.7 Å². The maximum Gasteiger partial charge on any atom is 0.260 e. The zero-order valence-corrected chi connectivity index (χ0v) is 17.5. The molecule has 0 bridgehead atoms. The van der Waals surface area contributed by atoms with E-state index in [1.807, 2.05) is 54.6 Å². The van der Waals surface area contributed by atoms with E-state index in [0.29, 0.717) is 18.0 Å². The Kier molecular flexibility index (Phi) is 6.36. The van der Waals surface area contributed by atoms with Crippen molar-refractivity contribution in [2.24, 2.45) is 0 Å². The van der Waals surface area contributed by atoms with Gasteiger partial charge in [0, 0.05) is 30.1 Å². The first-order chi connectivity index (χ1) is 15.2. The average molecular weight is 418 g/mol. The number of hydrogen-bond donors (Lipinski definition) is 1. The van der Waals surface area contributed by atoms with Crippen molar-refractivity contribution in [1.29, 1.82) is 0 Å². The lowest BCUT2D eigenvalue weighted by Gasteiger charge is -2.22. The van der Waals surface area contributed by atoms with Gasteiger partial charge in [-0.1, -0.05) is 48.5 Å². The molecule has 31 heavy (non-hydrogen) atoms. The van der Waals surface area contributed by atoms with Crippen LogP contribution < -0.4 is 14.8 Å². The number of nitrogens with one attached hydrogen (secondary N) is 1. The van der Waals surface area contributed by atoms with Crippen molar-refractivity contribution in [3.63, 3.8) is 0 Å². The second-order valence-corrected chi connectivity index (χ2v) is 7.58. The van der Waals surface area contributed by atoms with E-state index in [1.165, 1.54) is 0 Å². The molecule has 3 aromatic rings. The van der Waals surface area contributed by atoms with Crippen LogP contribution in [0.2, 0.25) is 0 Å². The number of hydrogen-bond acceptors (Lipinski definition) is 4. The Balaban J connectivity index is 1.34. The van der Waals surface area contributed by atoms with E-state index in [9.17, 15) is 9.59 Å². The number of para-hydroxylation sites is 2. The molecule has 6 heteroatoms. The van der Waals surface area contributed by atoms with Crippen LogP contribution in [-0.2, 0) is 9.59 Å². The van der Waals surface area contributed by atoms with Crippen LogP contribution in [0.15, 0.2) is 66.7 Å². The molecular weight excluding hydrogens is 392 g/mol. The summed E-state index contributed by atoms with van der Waals surface area (Å²) in [4.78, 5) is 27.1. The molecule has 0 radical (unpaired) electrons. The highest BCUT2D eigenvalue weighted by Crippen LogP contribution is 2.29. The minimum Gasteiger partial charge on any atom is -0.493 e. The fourth-order valence-corrected chi connectivity index (χ4v) is 3.63. The van der Waals surface area contributed by atoms with Crippen molar-refractivity contribution in [1.82, 2.24) is 4.90 Å². The molecule has 4 rings (SSSR count). The number of ether oxygens (including phenoxy) is 2. The lowest BCUT2D eigenvalue weighted by molar-refractivity contribution is -0.134. The third-order valence-corrected chi connectivity index (χ3v) is 5.37. The summed E-state index contributed by atoms with van der Waals surface area (Å²) in [5.41, 5.74) is 0.784. The Hall–Kier alpha value is -3.54. The van der Waals surface area contributed by atoms with Gasteiger partial charge in [0.1, 0.15) is 0 Å². The molecule has 1 aliphatic carbocycles. The van der Waals surface area contributed by atoms with Gasteiger partial charge in [-0.25, -0.2) is 0 Å². The summed E-state index contributed by atoms with van der Waals surface area (Å²) >= 11 is 0. The number of carbonyl (C=O) groups excluding carboxylic acids is 2. The number of rotatable bonds is 9. The zero-order valence-electron chi connectivity index (χ0n) is 17.5. The maximum absolute atomic E-state index is 12.8. The molecule has 0 atom stereocenters. The quantitative estimate of drug-likeness (QED) is 0.564. The third-order valence-electron chi connectivity index (χ3n) is 5.37. The van der Waals surface area contributed by atoms with E-state index in [-0.39, 0.29) is 30.9 Å². The summed E-state index contributed by atoms with van der Waals surface area (Å²) in [7, 11) is 1.56. The standard InChI is InChI=1S/C25H26N2O4/c1-30-22-11-4-5-12-23(22)31-17-25(29)27(19-13-14-19)16-15-24(28)26-21-10-6-8-18-7-2-3-9-20(18)21/h2-12,19H,13-17H2,1H3,(H,26,28). The molecule has 3 aromatic carbocycles. The molecule has 160 valence electrons. The van der Waals surface area contributed by atoms with Crippen molar-refractivity contribution in [3.05, 3.63) is 66.7 Å². The summed E-state index contributed by atoms with van der Waals surface area (Å²) < 4.78 is 10.9. The molecule has 1 fully saturated rings. The Morgan fingerprint density at radius 3 is 2.45 bits per heavy atom. The second kappa shape index (κ2) is 9.51. The average Bonchev–Trinajstić information content (AvgIpc) is 3.63. The molecule has 0 unspecified atom stereocenters. The summed E-state index contributed by atoms with van der Waals surface area (Å²) in [5, 5.41) is 5.06. The van der Waals surface area contributed by atoms with Crippen LogP contribution in [0.3, 0.4) is 0 Å². The Morgan fingerprint density at radius 1 is 0.968 bits per heavy atom. The summed E-state index contributed by atoms with van der Waals surface area (Å²) in [6.07, 6.45) is 2.16. The SMILES string of the molecule is COc1ccccc1OCC(=O)N(CCC(=O)Nc1cccc2ccccc12)C1CC1. The Bertz CT molecular complexity index is 1070. The van der Waals surface area contributed by atoms with Crippen molar-refractivity contribution in [2.45, 2.75) is 25.3 Å². The van der Waals surface area contributed by atoms with Crippen LogP contribution in [0.5, 0.6) is 11.5 Å². The Labute approximate surface area is 181 Å². The normalized spacial score (nSPS) is 12.9. The number of nitrogens with zero attached hydrogens (tertiary/aromatic N) is 1. The number of anilines is 1. The van der Waals surface area contributed by atoms with Crippen LogP contribution in [0.25, 0.3) is 10.8 Å². The highest BCUT2D eigenvalue weighted by Gasteiger charge is 2.32. The predicted molar refractivity (Wildman–Crippen MR) is 120 cm³/mol. The minimum atomic E-state index is -0.119. The summed E-state index contributed by atoms with van der Waals surface area (Å²) in [6, 6.07) is 21.2. The molecule has 1 aliphatic rings. The first kappa shape index (κ1) is 20.7. The van der Waals surface area contributed by atoms with Crippen molar-refractivity contribution in [2.75, 3.05) is 25.6 Å². The first-order valence-electron chi connectivity index (χ1n) is 10.5. The van der Waals surface area contributed by atoms with Gasteiger partial charge >= 0.3 is 0 Å². The summed E-state index contributed by atoms with van der Waals surface area (Å²) in [6.45, 7) is 0.289. The fourth-order valence-electron chi connectivity index (χ4n) is 3.63. The van der Waals surface area contributed by atoms with Crippen LogP contribution in [-0.4, -0.2) is 43.0 Å². The minimum absolute atomic E-state index is 0.0815. The van der Waals surface area contributed by atoms with Crippen LogP contribution in [0.4, 0.5) is 5.69 Å². The number of amides is 2. The smallest absolute Gasteiger partial charge is 0.260 e. The maximum atomic E-state index is 12.8. The van der Waals surface area contributed by atoms with Crippen molar-refractivity contribution < 1.29 is 19.1 Å². The van der Waals surface area contributed by atoms with Crippen LogP contribution in [0, 0.1) is 0 Å². The fraction of sp³-hybridized carbons (Fsp3) is 0.280. The van der Waals surface area contributed by atoms with Gasteiger partial charge in [0.05, 0.1) is 7.11 Å². The molecule has 0 heterocycles. The van der Waals surface area contributed by atoms with Crippen LogP contribution >= 0.6 is 0 Å². The number of methoxy groups -OCH3 is 1. The molecular formula is C25H26N2O4. The second-order valence-electron chi connectivity index (χ2n) is 7.58. The van der Waals surface area contributed by atoms with Crippen molar-refractivity contribution in [3.8, 4) is 11.5 Å². The highest BCUT2D eigenvalue weighted by molar-refractivity contribution is 6.02. The van der Waals surface area contributed by atoms with Gasteiger partial charge in [0.25, 0.3) is 5.91 Å². The van der Waals surface area contributed by atoms with Gasteiger partial charge in [0.15, 0.2) is 18.1 Å². The Morgan fingerprint density at radius 2 is 1.68 bits per heavy atom. The largest absolute Gasteiger partial charge is 0.493 e. The lowest BCUT2D eigenvalue weighted by Crippen LogP contribution is -2.38. The van der Waals surface area contributed by atoms with Gasteiger partial charge in [-0.05, 0) is 36.4 Å². The summed E-state index contributed by atoms with van der Waals surface area (Å²) in [5.74, 6) is 0.886. The lowest BCUT2D eigenvalue weighted by atomic mass is 10.1. The van der Waals surface area contributed by atoms with Gasteiger partial charge in [0.2, 0.25) is 5.91 Å². The van der Waals surface area contributed by atoms with E-state index in [4.69, 9.17) is 9.47 Å². The predicted octanol–water partition coefficient (Wildman–Crippen LogP) is 4.25. The zero-order chi connectivity index (χ0) is 21.6. The van der Waals surface area contributed by atoms with Crippen molar-refractivity contribution >= 4 is 28.3 Å².